The van der Waals surface area contributed by atoms with Gasteiger partial charge in [-0.25, -0.2) is 8.78 Å². The molecule has 2 N–H and O–H groups in total. The quantitative estimate of drug-likeness (QED) is 0.372. The number of amides is 1. The van der Waals surface area contributed by atoms with E-state index in [0.29, 0.717) is 51.1 Å². The molecule has 0 bridgehead atoms. The zero-order valence-electron chi connectivity index (χ0n) is 19.4. The normalized spacial score (nSPS) is 15.7. The van der Waals surface area contributed by atoms with E-state index in [9.17, 15) is 9.18 Å². The SMILES string of the molecule is C=C/C(Cl)=C\C(=C)C(=C)c1sc(C(=O)N[C@H]2CCOc3ccc(F)cc32)c(C(C)(C)F)c1NC. The van der Waals surface area contributed by atoms with Gasteiger partial charge in [-0.2, -0.15) is 0 Å². The van der Waals surface area contributed by atoms with Crippen molar-refractivity contribution in [2.45, 2.75) is 32.0 Å². The molecule has 3 rings (SSSR count). The molecule has 2 aromatic rings. The van der Waals surface area contributed by atoms with E-state index in [1.54, 1.807) is 19.2 Å². The third-order valence-electron chi connectivity index (χ3n) is 5.44. The molecule has 1 amide bonds. The van der Waals surface area contributed by atoms with E-state index in [4.69, 9.17) is 16.3 Å². The molecule has 1 aromatic heterocycles. The summed E-state index contributed by atoms with van der Waals surface area (Å²) in [4.78, 5) is 14.2. The first-order valence-electron chi connectivity index (χ1n) is 10.6. The Labute approximate surface area is 207 Å². The Morgan fingerprint density at radius 2 is 2.03 bits per heavy atom. The van der Waals surface area contributed by atoms with Crippen LogP contribution in [-0.2, 0) is 5.67 Å². The summed E-state index contributed by atoms with van der Waals surface area (Å²) in [6.07, 6.45) is 3.53. The number of carbonyl (C=O) groups is 1. The summed E-state index contributed by atoms with van der Waals surface area (Å²) in [5.74, 6) is -0.373. The highest BCUT2D eigenvalue weighted by Gasteiger charge is 2.35. The number of ether oxygens (including phenoxy) is 1. The van der Waals surface area contributed by atoms with Gasteiger partial charge in [-0.3, -0.25) is 4.79 Å². The maximum absolute atomic E-state index is 15.4. The molecule has 1 atom stereocenters. The number of nitrogens with one attached hydrogen (secondary N) is 2. The van der Waals surface area contributed by atoms with Gasteiger partial charge in [0.2, 0.25) is 0 Å². The van der Waals surface area contributed by atoms with Gasteiger partial charge >= 0.3 is 0 Å². The minimum Gasteiger partial charge on any atom is -0.493 e. The van der Waals surface area contributed by atoms with Crippen molar-refractivity contribution in [2.24, 2.45) is 0 Å². The van der Waals surface area contributed by atoms with E-state index < -0.39 is 23.4 Å². The third kappa shape index (κ3) is 5.26. The fourth-order valence-electron chi connectivity index (χ4n) is 3.81. The predicted octanol–water partition coefficient (Wildman–Crippen LogP) is 7.27. The number of rotatable bonds is 8. The third-order valence-corrected chi connectivity index (χ3v) is 6.96. The van der Waals surface area contributed by atoms with Crippen LogP contribution in [0.15, 0.2) is 60.7 Å². The van der Waals surface area contributed by atoms with Crippen LogP contribution in [0.25, 0.3) is 5.57 Å². The molecule has 0 radical (unpaired) electrons. The van der Waals surface area contributed by atoms with Crippen molar-refractivity contribution in [3.63, 3.8) is 0 Å². The molecule has 0 unspecified atom stereocenters. The largest absolute Gasteiger partial charge is 0.493 e. The molecule has 1 aliphatic rings. The van der Waals surface area contributed by atoms with Gasteiger partial charge in [-0.1, -0.05) is 37.4 Å². The number of allylic oxidation sites excluding steroid dienone is 5. The van der Waals surface area contributed by atoms with Gasteiger partial charge < -0.3 is 15.4 Å². The van der Waals surface area contributed by atoms with Gasteiger partial charge in [0.15, 0.2) is 0 Å². The highest BCUT2D eigenvalue weighted by molar-refractivity contribution is 7.16. The van der Waals surface area contributed by atoms with Gasteiger partial charge in [0, 0.05) is 29.6 Å². The van der Waals surface area contributed by atoms with Crippen molar-refractivity contribution in [3.05, 3.63) is 87.4 Å². The lowest BCUT2D eigenvalue weighted by Gasteiger charge is -2.27. The maximum Gasteiger partial charge on any atom is 0.262 e. The number of hydrogen-bond acceptors (Lipinski definition) is 4. The summed E-state index contributed by atoms with van der Waals surface area (Å²) in [6, 6.07) is 3.72. The van der Waals surface area contributed by atoms with Crippen LogP contribution in [0.1, 0.15) is 52.0 Å². The molecule has 180 valence electrons. The second-order valence-electron chi connectivity index (χ2n) is 8.32. The molecule has 0 spiro atoms. The van der Waals surface area contributed by atoms with E-state index in [2.05, 4.69) is 30.4 Å². The zero-order valence-corrected chi connectivity index (χ0v) is 20.9. The average Bonchev–Trinajstić information content (AvgIpc) is 3.19. The monoisotopic (exact) mass is 504 g/mol. The molecule has 4 nitrogen and oxygen atoms in total. The van der Waals surface area contributed by atoms with E-state index in [0.717, 1.165) is 11.3 Å². The fraction of sp³-hybridized carbons (Fsp3) is 0.269. The van der Waals surface area contributed by atoms with Crippen molar-refractivity contribution < 1.29 is 18.3 Å². The molecular formula is C26H27ClF2N2O2S. The number of thiophene rings is 1. The Balaban J connectivity index is 2.04. The van der Waals surface area contributed by atoms with Crippen molar-refractivity contribution in [1.29, 1.82) is 0 Å². The second-order valence-corrected chi connectivity index (χ2v) is 9.77. The predicted molar refractivity (Wildman–Crippen MR) is 137 cm³/mol. The molecule has 0 saturated carbocycles. The highest BCUT2D eigenvalue weighted by Crippen LogP contribution is 2.46. The smallest absolute Gasteiger partial charge is 0.262 e. The van der Waals surface area contributed by atoms with E-state index in [1.165, 1.54) is 32.1 Å². The van der Waals surface area contributed by atoms with Crippen LogP contribution in [0.3, 0.4) is 0 Å². The Morgan fingerprint density at radius 1 is 1.32 bits per heavy atom. The van der Waals surface area contributed by atoms with E-state index >= 15 is 4.39 Å². The Kier molecular flexibility index (Phi) is 7.68. The maximum atomic E-state index is 15.4. The fourth-order valence-corrected chi connectivity index (χ4v) is 5.30. The lowest BCUT2D eigenvalue weighted by molar-refractivity contribution is 0.0922. The van der Waals surface area contributed by atoms with E-state index in [-0.39, 0.29) is 10.4 Å². The summed E-state index contributed by atoms with van der Waals surface area (Å²) in [5, 5.41) is 6.34. The van der Waals surface area contributed by atoms with Crippen LogP contribution in [0.4, 0.5) is 14.5 Å². The van der Waals surface area contributed by atoms with Crippen molar-refractivity contribution in [2.75, 3.05) is 19.0 Å². The lowest BCUT2D eigenvalue weighted by atomic mass is 9.95. The molecule has 0 saturated heterocycles. The number of anilines is 1. The van der Waals surface area contributed by atoms with Crippen LogP contribution in [0.2, 0.25) is 0 Å². The van der Waals surface area contributed by atoms with Crippen LogP contribution in [-0.4, -0.2) is 19.6 Å². The number of alkyl halides is 1. The first-order chi connectivity index (χ1) is 16.0. The van der Waals surface area contributed by atoms with Crippen LogP contribution < -0.4 is 15.4 Å². The molecular weight excluding hydrogens is 478 g/mol. The molecule has 34 heavy (non-hydrogen) atoms. The summed E-state index contributed by atoms with van der Waals surface area (Å²) in [5.41, 5.74) is 0.384. The van der Waals surface area contributed by atoms with Gasteiger partial charge in [0.25, 0.3) is 5.91 Å². The van der Waals surface area contributed by atoms with Crippen LogP contribution >= 0.6 is 22.9 Å². The van der Waals surface area contributed by atoms with Gasteiger partial charge in [0.1, 0.15) is 22.1 Å². The molecule has 2 heterocycles. The zero-order chi connectivity index (χ0) is 25.2. The summed E-state index contributed by atoms with van der Waals surface area (Å²) >= 11 is 7.16. The van der Waals surface area contributed by atoms with Gasteiger partial charge in [-0.05, 0) is 49.3 Å². The number of halogens is 3. The first-order valence-corrected chi connectivity index (χ1v) is 11.8. The van der Waals surface area contributed by atoms with Crippen molar-refractivity contribution in [3.8, 4) is 5.75 Å². The molecule has 1 aliphatic heterocycles. The molecule has 8 heteroatoms. The number of benzene rings is 1. The molecule has 0 fully saturated rings. The summed E-state index contributed by atoms with van der Waals surface area (Å²) < 4.78 is 34.9. The Bertz CT molecular complexity index is 1190. The lowest BCUT2D eigenvalue weighted by Crippen LogP contribution is -2.33. The number of fused-ring (bicyclic) bond motifs is 1. The van der Waals surface area contributed by atoms with Gasteiger partial charge in [-0.15, -0.1) is 11.3 Å². The van der Waals surface area contributed by atoms with Crippen molar-refractivity contribution in [1.82, 2.24) is 5.32 Å². The Hall–Kier alpha value is -2.90. The summed E-state index contributed by atoms with van der Waals surface area (Å²) in [6.45, 7) is 14.9. The Morgan fingerprint density at radius 3 is 2.65 bits per heavy atom. The van der Waals surface area contributed by atoms with Gasteiger partial charge in [0.05, 0.1) is 23.2 Å². The standard InChI is InChI=1S/C26H27ClF2N2O2S/c1-7-16(27)12-14(2)15(3)23-22(30-6)21(26(4,5)29)24(34-23)25(32)31-19-10-11-33-20-9-8-17(28)13-18(19)20/h7-9,12-13,19,30H,1-3,10-11H2,4-6H3,(H,31,32)/b16-12+/t19-/m0/s1. The van der Waals surface area contributed by atoms with Crippen LogP contribution in [0, 0.1) is 5.82 Å². The topological polar surface area (TPSA) is 50.4 Å². The van der Waals surface area contributed by atoms with Crippen molar-refractivity contribution >= 4 is 40.1 Å². The molecule has 1 aromatic carbocycles. The summed E-state index contributed by atoms with van der Waals surface area (Å²) in [7, 11) is 1.66. The number of carbonyl (C=O) groups excluding carboxylic acids is 1. The van der Waals surface area contributed by atoms with Crippen LogP contribution in [0.5, 0.6) is 5.75 Å². The molecule has 0 aliphatic carbocycles. The van der Waals surface area contributed by atoms with E-state index in [1.807, 2.05) is 0 Å². The highest BCUT2D eigenvalue weighted by atomic mass is 35.5. The average molecular weight is 505 g/mol. The number of hydrogen-bond donors (Lipinski definition) is 2. The second kappa shape index (κ2) is 10.2. The minimum atomic E-state index is -1.84. The first kappa shape index (κ1) is 25.7. The minimum absolute atomic E-state index is 0.198.